The molecule has 3 N–H and O–H groups in total. The minimum atomic E-state index is -2.11. The zero-order valence-electron chi connectivity index (χ0n) is 16.2. The number of hydrogen-bond donors (Lipinski definition) is 3. The Bertz CT molecular complexity index is 1210. The van der Waals surface area contributed by atoms with Crippen molar-refractivity contribution in [3.05, 3.63) is 81.9 Å². The van der Waals surface area contributed by atoms with Crippen LogP contribution in [0.1, 0.15) is 31.8 Å². The van der Waals surface area contributed by atoms with Gasteiger partial charge in [-0.05, 0) is 54.4 Å². The van der Waals surface area contributed by atoms with E-state index in [9.17, 15) is 28.6 Å². The normalized spacial score (nSPS) is 11.7. The van der Waals surface area contributed by atoms with Gasteiger partial charge in [-0.1, -0.05) is 29.8 Å². The quantitative estimate of drug-likeness (QED) is 0.413. The van der Waals surface area contributed by atoms with Crippen LogP contribution in [-0.2, 0) is 16.8 Å². The summed E-state index contributed by atoms with van der Waals surface area (Å²) in [5.41, 5.74) is 0.977. The van der Waals surface area contributed by atoms with Crippen LogP contribution in [0.2, 0.25) is 5.02 Å². The molecule has 0 aliphatic heterocycles. The highest BCUT2D eigenvalue weighted by atomic mass is 35.5. The van der Waals surface area contributed by atoms with Gasteiger partial charge in [0.25, 0.3) is 0 Å². The van der Waals surface area contributed by atoms with Crippen LogP contribution in [0.4, 0.5) is 0 Å². The van der Waals surface area contributed by atoms with Gasteiger partial charge in [-0.3, -0.25) is 0 Å². The second-order valence-corrected chi connectivity index (χ2v) is 7.99. The Morgan fingerprint density at radius 1 is 0.935 bits per heavy atom. The van der Waals surface area contributed by atoms with E-state index in [1.807, 2.05) is 0 Å². The van der Waals surface area contributed by atoms with Crippen LogP contribution < -0.4 is 4.74 Å². The van der Waals surface area contributed by atoms with Crippen molar-refractivity contribution in [2.45, 2.75) is 12.7 Å². The van der Waals surface area contributed by atoms with Crippen LogP contribution in [0.3, 0.4) is 0 Å². The summed E-state index contributed by atoms with van der Waals surface area (Å²) in [6.45, 7) is 1.56. The molecule has 3 aromatic carbocycles. The first-order valence-corrected chi connectivity index (χ1v) is 10.6. The predicted octanol–water partition coefficient (Wildman–Crippen LogP) is 5.23. The van der Waals surface area contributed by atoms with Crippen molar-refractivity contribution >= 4 is 34.6 Å². The van der Waals surface area contributed by atoms with Crippen molar-refractivity contribution in [2.24, 2.45) is 0 Å². The third kappa shape index (κ3) is 5.11. The van der Waals surface area contributed by atoms with E-state index in [0.29, 0.717) is 27.5 Å². The van der Waals surface area contributed by atoms with Gasteiger partial charge >= 0.3 is 11.9 Å². The molecular formula is C22H17ClO7S. The van der Waals surface area contributed by atoms with Gasteiger partial charge in [-0.15, -0.1) is 0 Å². The molecule has 0 heterocycles. The summed E-state index contributed by atoms with van der Waals surface area (Å²) < 4.78 is 26.5. The third-order valence-electron chi connectivity index (χ3n) is 4.51. The van der Waals surface area contributed by atoms with Gasteiger partial charge in [0.1, 0.15) is 11.5 Å². The third-order valence-corrected chi connectivity index (χ3v) is 5.40. The SMILES string of the molecule is Cc1cc(-c2cc(CS(=O)O)ccc2Oc2ccccc2Cl)c(C(=O)O)cc1C(=O)O. The first kappa shape index (κ1) is 22.5. The summed E-state index contributed by atoms with van der Waals surface area (Å²) in [7, 11) is 0. The van der Waals surface area contributed by atoms with Crippen LogP contribution in [-0.4, -0.2) is 30.9 Å². The number of para-hydroxylation sites is 1. The van der Waals surface area contributed by atoms with Crippen molar-refractivity contribution in [2.75, 3.05) is 0 Å². The Labute approximate surface area is 185 Å². The highest BCUT2D eigenvalue weighted by Gasteiger charge is 2.21. The fourth-order valence-corrected chi connectivity index (χ4v) is 3.73. The first-order valence-electron chi connectivity index (χ1n) is 8.91. The Balaban J connectivity index is 2.25. The first-order chi connectivity index (χ1) is 14.7. The number of carbonyl (C=O) groups is 2. The summed E-state index contributed by atoms with van der Waals surface area (Å²) in [4.78, 5) is 23.4. The molecule has 0 bridgehead atoms. The molecule has 3 rings (SSSR count). The predicted molar refractivity (Wildman–Crippen MR) is 117 cm³/mol. The van der Waals surface area contributed by atoms with Crippen molar-refractivity contribution in [3.8, 4) is 22.6 Å². The smallest absolute Gasteiger partial charge is 0.336 e. The Kier molecular flexibility index (Phi) is 6.74. The van der Waals surface area contributed by atoms with Gasteiger partial charge in [0.2, 0.25) is 0 Å². The van der Waals surface area contributed by atoms with E-state index in [1.54, 1.807) is 49.4 Å². The minimum Gasteiger partial charge on any atom is -0.478 e. The van der Waals surface area contributed by atoms with Crippen molar-refractivity contribution in [1.29, 1.82) is 0 Å². The van der Waals surface area contributed by atoms with Crippen LogP contribution in [0.15, 0.2) is 54.6 Å². The summed E-state index contributed by atoms with van der Waals surface area (Å²) in [5.74, 6) is -2.15. The molecule has 3 aromatic rings. The zero-order chi connectivity index (χ0) is 22.7. The summed E-state index contributed by atoms with van der Waals surface area (Å²) in [6, 6.07) is 13.9. The van der Waals surface area contributed by atoms with Gasteiger partial charge in [0.05, 0.1) is 21.9 Å². The number of hydrogen-bond acceptors (Lipinski definition) is 4. The number of aryl methyl sites for hydroxylation is 1. The Morgan fingerprint density at radius 2 is 1.61 bits per heavy atom. The molecule has 9 heteroatoms. The van der Waals surface area contributed by atoms with E-state index < -0.39 is 23.0 Å². The highest BCUT2D eigenvalue weighted by molar-refractivity contribution is 7.78. The molecule has 0 amide bonds. The lowest BCUT2D eigenvalue weighted by molar-refractivity contribution is 0.0695. The lowest BCUT2D eigenvalue weighted by Gasteiger charge is -2.17. The van der Waals surface area contributed by atoms with Gasteiger partial charge in [0.15, 0.2) is 11.1 Å². The molecule has 0 saturated heterocycles. The molecule has 7 nitrogen and oxygen atoms in total. The van der Waals surface area contributed by atoms with Crippen LogP contribution in [0, 0.1) is 6.92 Å². The van der Waals surface area contributed by atoms with Crippen molar-refractivity contribution in [3.63, 3.8) is 0 Å². The number of ether oxygens (including phenoxy) is 1. The van der Waals surface area contributed by atoms with Gasteiger partial charge in [0, 0.05) is 11.1 Å². The van der Waals surface area contributed by atoms with Crippen molar-refractivity contribution < 1.29 is 33.3 Å². The minimum absolute atomic E-state index is 0.137. The van der Waals surface area contributed by atoms with E-state index in [1.165, 1.54) is 6.07 Å². The molecule has 1 unspecified atom stereocenters. The number of benzene rings is 3. The number of rotatable bonds is 7. The van der Waals surface area contributed by atoms with Crippen LogP contribution >= 0.6 is 11.6 Å². The standard InChI is InChI=1S/C22H17ClO7S/c1-12-8-15(17(22(26)27)10-14(12)21(24)25)16-9-13(11-31(28)29)6-7-19(16)30-20-5-3-2-4-18(20)23/h2-10H,11H2,1H3,(H,24,25)(H,26,27)(H,28,29). The van der Waals surface area contributed by atoms with Crippen LogP contribution in [0.25, 0.3) is 11.1 Å². The molecule has 160 valence electrons. The maximum Gasteiger partial charge on any atom is 0.336 e. The molecule has 1 atom stereocenters. The Hall–Kier alpha value is -3.20. The number of halogens is 1. The topological polar surface area (TPSA) is 121 Å². The molecule has 0 aliphatic carbocycles. The van der Waals surface area contributed by atoms with Gasteiger partial charge in [-0.2, -0.15) is 0 Å². The number of carboxylic acid groups (broad SMARTS) is 2. The molecule has 0 aliphatic rings. The lowest BCUT2D eigenvalue weighted by Crippen LogP contribution is -2.07. The largest absolute Gasteiger partial charge is 0.478 e. The summed E-state index contributed by atoms with van der Waals surface area (Å²) >= 11 is 4.06. The Morgan fingerprint density at radius 3 is 2.23 bits per heavy atom. The van der Waals surface area contributed by atoms with Gasteiger partial charge in [-0.25, -0.2) is 13.8 Å². The number of aromatic carboxylic acids is 2. The maximum absolute atomic E-state index is 11.9. The fourth-order valence-electron chi connectivity index (χ4n) is 3.09. The highest BCUT2D eigenvalue weighted by Crippen LogP contribution is 2.39. The average molecular weight is 461 g/mol. The molecule has 31 heavy (non-hydrogen) atoms. The molecule has 0 saturated carbocycles. The van der Waals surface area contributed by atoms with E-state index in [4.69, 9.17) is 16.3 Å². The van der Waals surface area contributed by atoms with E-state index in [2.05, 4.69) is 0 Å². The van der Waals surface area contributed by atoms with E-state index in [0.717, 1.165) is 6.07 Å². The molecule has 0 radical (unpaired) electrons. The van der Waals surface area contributed by atoms with E-state index in [-0.39, 0.29) is 28.2 Å². The number of carboxylic acids is 2. The second kappa shape index (κ2) is 9.30. The maximum atomic E-state index is 11.9. The fraction of sp³-hybridized carbons (Fsp3) is 0.0909. The van der Waals surface area contributed by atoms with Gasteiger partial charge < -0.3 is 19.5 Å². The molecule has 0 spiro atoms. The second-order valence-electron chi connectivity index (χ2n) is 6.65. The summed E-state index contributed by atoms with van der Waals surface area (Å²) in [5, 5.41) is 19.4. The average Bonchev–Trinajstić information content (AvgIpc) is 2.69. The zero-order valence-corrected chi connectivity index (χ0v) is 17.7. The molecule has 0 aromatic heterocycles. The lowest BCUT2D eigenvalue weighted by atomic mass is 9.92. The summed E-state index contributed by atoms with van der Waals surface area (Å²) in [6.07, 6.45) is 0. The van der Waals surface area contributed by atoms with E-state index >= 15 is 0 Å². The van der Waals surface area contributed by atoms with Crippen molar-refractivity contribution in [1.82, 2.24) is 0 Å². The monoisotopic (exact) mass is 460 g/mol. The van der Waals surface area contributed by atoms with Crippen LogP contribution in [0.5, 0.6) is 11.5 Å². The molecule has 0 fully saturated rings. The molecular weight excluding hydrogens is 444 g/mol.